The molecule has 3 aromatic rings. The first-order valence-corrected chi connectivity index (χ1v) is 9.29. The van der Waals surface area contributed by atoms with Crippen LogP contribution in [0.25, 0.3) is 22.6 Å². The fourth-order valence-electron chi connectivity index (χ4n) is 2.76. The molecule has 0 N–H and O–H groups in total. The Kier molecular flexibility index (Phi) is 5.16. The molecule has 0 radical (unpaired) electrons. The third-order valence-electron chi connectivity index (χ3n) is 4.70. The zero-order chi connectivity index (χ0) is 19.8. The number of halogens is 1. The summed E-state index contributed by atoms with van der Waals surface area (Å²) < 4.78 is 6.03. The van der Waals surface area contributed by atoms with Crippen LogP contribution in [-0.2, 0) is 0 Å². The van der Waals surface area contributed by atoms with Gasteiger partial charge in [0.25, 0.3) is 5.91 Å². The van der Waals surface area contributed by atoms with Gasteiger partial charge in [-0.25, -0.2) is 0 Å². The zero-order valence-corrected chi connectivity index (χ0v) is 17.1. The molecule has 1 heterocycles. The Hall–Kier alpha value is -2.52. The van der Waals surface area contributed by atoms with E-state index in [9.17, 15) is 4.79 Å². The number of hydrogen-bond donors (Lipinski definition) is 0. The predicted molar refractivity (Wildman–Crippen MR) is 111 cm³/mol. The molecule has 1 amide bonds. The summed E-state index contributed by atoms with van der Waals surface area (Å²) in [6.07, 6.45) is 0. The van der Waals surface area contributed by atoms with Crippen molar-refractivity contribution in [3.63, 3.8) is 0 Å². The van der Waals surface area contributed by atoms with Gasteiger partial charge >= 0.3 is 0 Å². The first kappa shape index (κ1) is 19.2. The Bertz CT molecular complexity index is 982. The molecule has 0 aliphatic heterocycles. The molecule has 0 atom stereocenters. The van der Waals surface area contributed by atoms with Crippen molar-refractivity contribution in [1.29, 1.82) is 0 Å². The van der Waals surface area contributed by atoms with Gasteiger partial charge in [0.15, 0.2) is 0 Å². The van der Waals surface area contributed by atoms with E-state index in [1.165, 1.54) is 0 Å². The van der Waals surface area contributed by atoms with Crippen LogP contribution in [0.15, 0.2) is 59.0 Å². The number of benzene rings is 2. The van der Waals surface area contributed by atoms with E-state index in [1.807, 2.05) is 89.3 Å². The maximum Gasteiger partial charge on any atom is 0.254 e. The van der Waals surface area contributed by atoms with Gasteiger partial charge in [-0.15, -0.1) is 0 Å². The summed E-state index contributed by atoms with van der Waals surface area (Å²) in [7, 11) is 1.82. The van der Waals surface area contributed by atoms with Crippen LogP contribution < -0.4 is 0 Å². The highest BCUT2D eigenvalue weighted by atomic mass is 35.5. The van der Waals surface area contributed by atoms with E-state index >= 15 is 0 Å². The number of hydrogen-bond acceptors (Lipinski definition) is 2. The van der Waals surface area contributed by atoms with E-state index in [0.29, 0.717) is 22.1 Å². The normalized spacial score (nSPS) is 11.5. The van der Waals surface area contributed by atoms with Gasteiger partial charge in [0.2, 0.25) is 0 Å². The maximum absolute atomic E-state index is 12.8. The second-order valence-corrected chi connectivity index (χ2v) is 8.17. The van der Waals surface area contributed by atoms with Crippen molar-refractivity contribution in [2.24, 2.45) is 0 Å². The van der Waals surface area contributed by atoms with Crippen molar-refractivity contribution in [3.8, 4) is 22.6 Å². The third kappa shape index (κ3) is 4.09. The monoisotopic (exact) mass is 381 g/mol. The summed E-state index contributed by atoms with van der Waals surface area (Å²) >= 11 is 6.35. The second kappa shape index (κ2) is 7.24. The van der Waals surface area contributed by atoms with Crippen molar-refractivity contribution in [2.45, 2.75) is 33.2 Å². The molecular formula is C23H24ClNO2. The van der Waals surface area contributed by atoms with Gasteiger partial charge in [0.05, 0.1) is 5.02 Å². The Morgan fingerprint density at radius 2 is 1.70 bits per heavy atom. The van der Waals surface area contributed by atoms with Crippen LogP contribution in [0.5, 0.6) is 0 Å². The molecule has 0 bridgehead atoms. The quantitative estimate of drug-likeness (QED) is 0.522. The van der Waals surface area contributed by atoms with Crippen molar-refractivity contribution in [2.75, 3.05) is 7.05 Å². The van der Waals surface area contributed by atoms with Crippen LogP contribution in [0.4, 0.5) is 0 Å². The fraction of sp³-hybridized carbons (Fsp3) is 0.261. The highest BCUT2D eigenvalue weighted by Gasteiger charge is 2.23. The number of carbonyl (C=O) groups is 1. The van der Waals surface area contributed by atoms with Crippen molar-refractivity contribution < 1.29 is 9.21 Å². The largest absolute Gasteiger partial charge is 0.456 e. The van der Waals surface area contributed by atoms with Crippen LogP contribution >= 0.6 is 11.6 Å². The van der Waals surface area contributed by atoms with E-state index in [0.717, 1.165) is 16.7 Å². The second-order valence-electron chi connectivity index (χ2n) is 7.76. The standard InChI is InChI=1S/C23H24ClNO2/c1-15-9-10-18(19(24)13-15)21-12-11-20(27-21)16-7-6-8-17(14-16)22(26)25(5)23(2,3)4/h6-14H,1-5H3. The molecular weight excluding hydrogens is 358 g/mol. The third-order valence-corrected chi connectivity index (χ3v) is 5.01. The predicted octanol–water partition coefficient (Wildman–Crippen LogP) is 6.45. The lowest BCUT2D eigenvalue weighted by Gasteiger charge is -2.32. The van der Waals surface area contributed by atoms with Crippen LogP contribution in [0.2, 0.25) is 5.02 Å². The summed E-state index contributed by atoms with van der Waals surface area (Å²) in [6.45, 7) is 8.04. The van der Waals surface area contributed by atoms with Gasteiger partial charge in [0.1, 0.15) is 11.5 Å². The summed E-state index contributed by atoms with van der Waals surface area (Å²) in [4.78, 5) is 14.5. The van der Waals surface area contributed by atoms with Gasteiger partial charge in [-0.05, 0) is 69.7 Å². The van der Waals surface area contributed by atoms with Gasteiger partial charge in [-0.1, -0.05) is 29.8 Å². The lowest BCUT2D eigenvalue weighted by Crippen LogP contribution is -2.42. The Morgan fingerprint density at radius 3 is 2.37 bits per heavy atom. The molecule has 0 aliphatic rings. The summed E-state index contributed by atoms with van der Waals surface area (Å²) in [5, 5.41) is 0.659. The molecule has 3 rings (SSSR count). The molecule has 2 aromatic carbocycles. The molecule has 0 unspecified atom stereocenters. The number of furan rings is 1. The fourth-order valence-corrected chi connectivity index (χ4v) is 3.09. The Balaban J connectivity index is 1.92. The minimum absolute atomic E-state index is 0.0160. The van der Waals surface area contributed by atoms with Crippen molar-refractivity contribution >= 4 is 17.5 Å². The Morgan fingerprint density at radius 1 is 1.00 bits per heavy atom. The number of amides is 1. The molecule has 0 fully saturated rings. The number of rotatable bonds is 3. The summed E-state index contributed by atoms with van der Waals surface area (Å²) in [5.74, 6) is 1.39. The molecule has 140 valence electrons. The van der Waals surface area contributed by atoms with E-state index in [-0.39, 0.29) is 11.4 Å². The van der Waals surface area contributed by atoms with Crippen LogP contribution in [-0.4, -0.2) is 23.4 Å². The molecule has 3 nitrogen and oxygen atoms in total. The van der Waals surface area contributed by atoms with Gasteiger partial charge in [-0.2, -0.15) is 0 Å². The zero-order valence-electron chi connectivity index (χ0n) is 16.3. The smallest absolute Gasteiger partial charge is 0.254 e. The van der Waals surface area contributed by atoms with Crippen molar-refractivity contribution in [3.05, 3.63) is 70.7 Å². The highest BCUT2D eigenvalue weighted by molar-refractivity contribution is 6.33. The van der Waals surface area contributed by atoms with Crippen LogP contribution in [0.3, 0.4) is 0 Å². The van der Waals surface area contributed by atoms with Gasteiger partial charge < -0.3 is 9.32 Å². The molecule has 0 aliphatic carbocycles. The molecule has 27 heavy (non-hydrogen) atoms. The molecule has 0 saturated carbocycles. The average Bonchev–Trinajstić information content (AvgIpc) is 3.09. The van der Waals surface area contributed by atoms with E-state index < -0.39 is 0 Å². The Labute approximate surface area is 165 Å². The highest BCUT2D eigenvalue weighted by Crippen LogP contribution is 2.33. The number of aryl methyl sites for hydroxylation is 1. The minimum Gasteiger partial charge on any atom is -0.456 e. The van der Waals surface area contributed by atoms with Crippen molar-refractivity contribution in [1.82, 2.24) is 4.90 Å². The first-order valence-electron chi connectivity index (χ1n) is 8.92. The maximum atomic E-state index is 12.8. The summed E-state index contributed by atoms with van der Waals surface area (Å²) in [6, 6.07) is 17.2. The molecule has 4 heteroatoms. The summed E-state index contributed by atoms with van der Waals surface area (Å²) in [5.41, 5.74) is 3.21. The van der Waals surface area contributed by atoms with Crippen LogP contribution in [0, 0.1) is 6.92 Å². The van der Waals surface area contributed by atoms with E-state index in [2.05, 4.69) is 0 Å². The number of nitrogens with zero attached hydrogens (tertiary/aromatic N) is 1. The SMILES string of the molecule is Cc1ccc(-c2ccc(-c3cccc(C(=O)N(C)C(C)(C)C)c3)o2)c(Cl)c1. The average molecular weight is 382 g/mol. The van der Waals surface area contributed by atoms with E-state index in [1.54, 1.807) is 4.90 Å². The molecule has 1 aromatic heterocycles. The molecule has 0 saturated heterocycles. The van der Waals surface area contributed by atoms with Gasteiger partial charge in [0, 0.05) is 29.3 Å². The van der Waals surface area contributed by atoms with Crippen LogP contribution in [0.1, 0.15) is 36.7 Å². The van der Waals surface area contributed by atoms with Gasteiger partial charge in [-0.3, -0.25) is 4.79 Å². The molecule has 0 spiro atoms. The number of carbonyl (C=O) groups excluding carboxylic acids is 1. The first-order chi connectivity index (χ1) is 12.7. The lowest BCUT2D eigenvalue weighted by molar-refractivity contribution is 0.0656. The topological polar surface area (TPSA) is 33.5 Å². The van der Waals surface area contributed by atoms with E-state index in [4.69, 9.17) is 16.0 Å². The lowest BCUT2D eigenvalue weighted by atomic mass is 10.0. The minimum atomic E-state index is -0.243.